The quantitative estimate of drug-likeness (QED) is 0.788. The second kappa shape index (κ2) is 5.05. The van der Waals surface area contributed by atoms with E-state index in [1.165, 1.54) is 50.6 Å². The summed E-state index contributed by atoms with van der Waals surface area (Å²) >= 11 is 0. The Labute approximate surface area is 111 Å². The molecule has 0 bridgehead atoms. The molecule has 1 aromatic rings. The van der Waals surface area contributed by atoms with E-state index < -0.39 is 0 Å². The fourth-order valence-electron chi connectivity index (χ4n) is 3.13. The van der Waals surface area contributed by atoms with Crippen LogP contribution in [-0.2, 0) is 6.54 Å². The normalized spacial score (nSPS) is 21.6. The largest absolute Gasteiger partial charge is 0.312 e. The van der Waals surface area contributed by atoms with Crippen molar-refractivity contribution in [3.05, 3.63) is 35.4 Å². The monoisotopic (exact) mass is 243 g/mol. The molecule has 1 aromatic carbocycles. The van der Waals surface area contributed by atoms with E-state index in [0.717, 1.165) is 12.5 Å². The van der Waals surface area contributed by atoms with Crippen LogP contribution >= 0.6 is 0 Å². The average Bonchev–Trinajstić information content (AvgIpc) is 3.18. The minimum absolute atomic E-state index is 0.633. The summed E-state index contributed by atoms with van der Waals surface area (Å²) in [5.74, 6) is 0.880. The van der Waals surface area contributed by atoms with Crippen molar-refractivity contribution in [2.75, 3.05) is 6.54 Å². The van der Waals surface area contributed by atoms with Crippen LogP contribution in [0.4, 0.5) is 0 Å². The smallest absolute Gasteiger partial charge is 0.0205 e. The highest BCUT2D eigenvalue weighted by atomic mass is 14.9. The molecule has 0 heterocycles. The molecule has 2 aliphatic carbocycles. The van der Waals surface area contributed by atoms with E-state index in [-0.39, 0.29) is 0 Å². The van der Waals surface area contributed by atoms with Crippen LogP contribution in [0.25, 0.3) is 0 Å². The van der Waals surface area contributed by atoms with Gasteiger partial charge < -0.3 is 5.32 Å². The van der Waals surface area contributed by atoms with Crippen LogP contribution < -0.4 is 5.32 Å². The lowest BCUT2D eigenvalue weighted by molar-refractivity contribution is 0.124. The van der Waals surface area contributed by atoms with Gasteiger partial charge in [0.05, 0.1) is 0 Å². The van der Waals surface area contributed by atoms with Crippen LogP contribution in [0.2, 0.25) is 0 Å². The first-order chi connectivity index (χ1) is 8.81. The van der Waals surface area contributed by atoms with Crippen LogP contribution in [0.5, 0.6) is 0 Å². The predicted molar refractivity (Wildman–Crippen MR) is 76.7 cm³/mol. The van der Waals surface area contributed by atoms with E-state index in [0.29, 0.717) is 5.41 Å². The molecule has 0 aromatic heterocycles. The molecule has 2 aliphatic rings. The Bertz CT molecular complexity index is 379. The van der Waals surface area contributed by atoms with E-state index in [9.17, 15) is 0 Å². The molecule has 18 heavy (non-hydrogen) atoms. The first-order valence-electron chi connectivity index (χ1n) is 7.61. The van der Waals surface area contributed by atoms with Crippen molar-refractivity contribution >= 4 is 0 Å². The zero-order chi connectivity index (χ0) is 12.4. The molecule has 3 rings (SSSR count). The summed E-state index contributed by atoms with van der Waals surface area (Å²) in [4.78, 5) is 0. The third kappa shape index (κ3) is 2.61. The number of rotatable bonds is 6. The first-order valence-corrected chi connectivity index (χ1v) is 7.61. The highest BCUT2D eigenvalue weighted by Crippen LogP contribution is 2.43. The number of hydrogen-bond acceptors (Lipinski definition) is 1. The molecule has 0 aliphatic heterocycles. The van der Waals surface area contributed by atoms with Crippen LogP contribution in [0.15, 0.2) is 24.3 Å². The van der Waals surface area contributed by atoms with Gasteiger partial charge in [-0.25, -0.2) is 0 Å². The molecule has 2 saturated carbocycles. The van der Waals surface area contributed by atoms with Crippen LogP contribution in [0.1, 0.15) is 62.5 Å². The minimum atomic E-state index is 0.633. The van der Waals surface area contributed by atoms with Gasteiger partial charge in [-0.3, -0.25) is 0 Å². The lowest BCUT2D eigenvalue weighted by Gasteiger charge is -2.41. The third-order valence-corrected chi connectivity index (χ3v) is 5.02. The standard InChI is InChI=1S/C17H25N/c1-2-17(10-3-11-17)13-18-12-14-4-6-15(7-5-14)16-8-9-16/h4-7,16,18H,2-3,8-13H2,1H3. The summed E-state index contributed by atoms with van der Waals surface area (Å²) in [7, 11) is 0. The van der Waals surface area contributed by atoms with Gasteiger partial charge in [0.2, 0.25) is 0 Å². The number of hydrogen-bond donors (Lipinski definition) is 1. The van der Waals surface area contributed by atoms with Gasteiger partial charge in [-0.05, 0) is 54.6 Å². The van der Waals surface area contributed by atoms with Crippen LogP contribution in [0, 0.1) is 5.41 Å². The van der Waals surface area contributed by atoms with E-state index >= 15 is 0 Å². The topological polar surface area (TPSA) is 12.0 Å². The minimum Gasteiger partial charge on any atom is -0.312 e. The molecule has 0 amide bonds. The molecular formula is C17H25N. The summed E-state index contributed by atoms with van der Waals surface area (Å²) in [5.41, 5.74) is 3.61. The Morgan fingerprint density at radius 3 is 2.39 bits per heavy atom. The molecule has 2 fully saturated rings. The maximum absolute atomic E-state index is 3.66. The van der Waals surface area contributed by atoms with Crippen molar-refractivity contribution in [1.82, 2.24) is 5.32 Å². The highest BCUT2D eigenvalue weighted by Gasteiger charge is 2.34. The molecule has 98 valence electrons. The summed E-state index contributed by atoms with van der Waals surface area (Å²) in [6, 6.07) is 9.27. The molecule has 1 nitrogen and oxygen atoms in total. The second-order valence-corrected chi connectivity index (χ2v) is 6.33. The average molecular weight is 243 g/mol. The van der Waals surface area contributed by atoms with E-state index in [1.54, 1.807) is 5.56 Å². The van der Waals surface area contributed by atoms with E-state index in [4.69, 9.17) is 0 Å². The van der Waals surface area contributed by atoms with Gasteiger partial charge in [0, 0.05) is 13.1 Å². The van der Waals surface area contributed by atoms with Gasteiger partial charge in [0.1, 0.15) is 0 Å². The lowest BCUT2D eigenvalue weighted by Crippen LogP contribution is -2.39. The summed E-state index contributed by atoms with van der Waals surface area (Å²) in [6.07, 6.45) is 8.42. The lowest BCUT2D eigenvalue weighted by atomic mass is 9.67. The SMILES string of the molecule is CCC1(CNCc2ccc(C3CC3)cc2)CCC1. The van der Waals surface area contributed by atoms with Crippen LogP contribution in [0.3, 0.4) is 0 Å². The fourth-order valence-corrected chi connectivity index (χ4v) is 3.13. The third-order valence-electron chi connectivity index (χ3n) is 5.02. The molecular weight excluding hydrogens is 218 g/mol. The first kappa shape index (κ1) is 12.2. The summed E-state index contributed by atoms with van der Waals surface area (Å²) < 4.78 is 0. The Hall–Kier alpha value is -0.820. The van der Waals surface area contributed by atoms with Crippen molar-refractivity contribution in [1.29, 1.82) is 0 Å². The van der Waals surface area contributed by atoms with Gasteiger partial charge in [-0.2, -0.15) is 0 Å². The molecule has 1 heteroatoms. The second-order valence-electron chi connectivity index (χ2n) is 6.33. The molecule has 1 N–H and O–H groups in total. The number of nitrogens with one attached hydrogen (secondary N) is 1. The van der Waals surface area contributed by atoms with Crippen molar-refractivity contribution in [3.8, 4) is 0 Å². The Morgan fingerprint density at radius 1 is 1.17 bits per heavy atom. The number of benzene rings is 1. The zero-order valence-corrected chi connectivity index (χ0v) is 11.5. The van der Waals surface area contributed by atoms with Crippen molar-refractivity contribution < 1.29 is 0 Å². The van der Waals surface area contributed by atoms with E-state index in [2.05, 4.69) is 36.5 Å². The van der Waals surface area contributed by atoms with E-state index in [1.807, 2.05) is 0 Å². The van der Waals surface area contributed by atoms with Crippen molar-refractivity contribution in [2.45, 2.75) is 57.9 Å². The molecule has 0 spiro atoms. The van der Waals surface area contributed by atoms with Gasteiger partial charge >= 0.3 is 0 Å². The van der Waals surface area contributed by atoms with Gasteiger partial charge in [-0.15, -0.1) is 0 Å². The molecule has 0 unspecified atom stereocenters. The summed E-state index contributed by atoms with van der Waals surface area (Å²) in [6.45, 7) is 4.58. The molecule has 0 atom stereocenters. The van der Waals surface area contributed by atoms with Gasteiger partial charge in [-0.1, -0.05) is 37.6 Å². The zero-order valence-electron chi connectivity index (χ0n) is 11.5. The Balaban J connectivity index is 1.47. The molecule has 0 radical (unpaired) electrons. The van der Waals surface area contributed by atoms with Crippen LogP contribution in [-0.4, -0.2) is 6.54 Å². The predicted octanol–water partition coefficient (Wildman–Crippen LogP) is 4.23. The van der Waals surface area contributed by atoms with Gasteiger partial charge in [0.15, 0.2) is 0 Å². The van der Waals surface area contributed by atoms with Gasteiger partial charge in [0.25, 0.3) is 0 Å². The maximum atomic E-state index is 3.66. The maximum Gasteiger partial charge on any atom is 0.0205 e. The Kier molecular flexibility index (Phi) is 3.43. The van der Waals surface area contributed by atoms with Crippen molar-refractivity contribution in [2.24, 2.45) is 5.41 Å². The summed E-state index contributed by atoms with van der Waals surface area (Å²) in [5, 5.41) is 3.66. The van der Waals surface area contributed by atoms with Crippen molar-refractivity contribution in [3.63, 3.8) is 0 Å². The fraction of sp³-hybridized carbons (Fsp3) is 0.647. The molecule has 0 saturated heterocycles. The Morgan fingerprint density at radius 2 is 1.89 bits per heavy atom. The highest BCUT2D eigenvalue weighted by molar-refractivity contribution is 5.27.